The molecule has 0 radical (unpaired) electrons. The summed E-state index contributed by atoms with van der Waals surface area (Å²) in [7, 11) is 1.52. The topological polar surface area (TPSA) is 93.5 Å². The first-order valence-electron chi connectivity index (χ1n) is 6.93. The van der Waals surface area contributed by atoms with Crippen molar-refractivity contribution in [2.24, 2.45) is 5.73 Å². The second kappa shape index (κ2) is 10.2. The van der Waals surface area contributed by atoms with Crippen LogP contribution in [0.2, 0.25) is 0 Å². The summed E-state index contributed by atoms with van der Waals surface area (Å²) in [5, 5.41) is 5.52. The first kappa shape index (κ1) is 20.4. The molecule has 22 heavy (non-hydrogen) atoms. The summed E-state index contributed by atoms with van der Waals surface area (Å²) in [6.07, 6.45) is -0.130. The number of hydrogen-bond acceptors (Lipinski definition) is 4. The van der Waals surface area contributed by atoms with E-state index in [0.717, 1.165) is 5.56 Å². The zero-order valence-corrected chi connectivity index (χ0v) is 14.0. The number of carbonyl (C=O) groups is 2. The summed E-state index contributed by atoms with van der Waals surface area (Å²) in [6, 6.07) is 5.20. The molecule has 0 saturated carbocycles. The summed E-state index contributed by atoms with van der Waals surface area (Å²) in [5.41, 5.74) is 7.52. The molecule has 0 saturated heterocycles. The minimum absolute atomic E-state index is 0. The van der Waals surface area contributed by atoms with Crippen molar-refractivity contribution in [3.8, 4) is 0 Å². The number of halogens is 1. The molecule has 1 aromatic rings. The van der Waals surface area contributed by atoms with Gasteiger partial charge >= 0.3 is 0 Å². The zero-order chi connectivity index (χ0) is 15.8. The Morgan fingerprint density at radius 1 is 1.36 bits per heavy atom. The smallest absolute Gasteiger partial charge is 0.251 e. The SMILES string of the molecule is CCNC(=O)c1ccc(C)c(NC(=O)CC(CN)OC)c1.Cl. The van der Waals surface area contributed by atoms with Gasteiger partial charge in [0.05, 0.1) is 12.5 Å². The number of hydrogen-bond donors (Lipinski definition) is 3. The predicted molar refractivity (Wildman–Crippen MR) is 89.5 cm³/mol. The second-order valence-corrected chi connectivity index (χ2v) is 4.73. The molecule has 7 heteroatoms. The highest BCUT2D eigenvalue weighted by Gasteiger charge is 2.13. The van der Waals surface area contributed by atoms with Crippen molar-refractivity contribution in [3.05, 3.63) is 29.3 Å². The molecule has 6 nitrogen and oxygen atoms in total. The van der Waals surface area contributed by atoms with Gasteiger partial charge in [-0.2, -0.15) is 0 Å². The minimum atomic E-state index is -0.308. The van der Waals surface area contributed by atoms with Crippen molar-refractivity contribution in [1.82, 2.24) is 5.32 Å². The number of methoxy groups -OCH3 is 1. The molecule has 0 aliphatic carbocycles. The average molecular weight is 330 g/mol. The van der Waals surface area contributed by atoms with Gasteiger partial charge in [-0.05, 0) is 31.5 Å². The molecular formula is C15H24ClN3O3. The van der Waals surface area contributed by atoms with Crippen LogP contribution >= 0.6 is 12.4 Å². The number of amides is 2. The Kier molecular flexibility index (Phi) is 9.40. The van der Waals surface area contributed by atoms with Gasteiger partial charge in [-0.1, -0.05) is 6.07 Å². The first-order valence-corrected chi connectivity index (χ1v) is 6.93. The van der Waals surface area contributed by atoms with Crippen molar-refractivity contribution in [1.29, 1.82) is 0 Å². The largest absolute Gasteiger partial charge is 0.380 e. The molecular weight excluding hydrogens is 306 g/mol. The minimum Gasteiger partial charge on any atom is -0.380 e. The first-order chi connectivity index (χ1) is 10.0. The Morgan fingerprint density at radius 3 is 2.59 bits per heavy atom. The van der Waals surface area contributed by atoms with Crippen LogP contribution in [-0.4, -0.2) is 38.1 Å². The molecule has 1 rings (SSSR count). The van der Waals surface area contributed by atoms with Crippen LogP contribution in [0.4, 0.5) is 5.69 Å². The van der Waals surface area contributed by atoms with Crippen LogP contribution in [0.3, 0.4) is 0 Å². The predicted octanol–water partition coefficient (Wildman–Crippen LogP) is 1.47. The number of ether oxygens (including phenoxy) is 1. The van der Waals surface area contributed by atoms with Crippen LogP contribution in [0.1, 0.15) is 29.3 Å². The van der Waals surface area contributed by atoms with Crippen molar-refractivity contribution in [2.75, 3.05) is 25.5 Å². The lowest BCUT2D eigenvalue weighted by Gasteiger charge is -2.14. The van der Waals surface area contributed by atoms with Crippen molar-refractivity contribution < 1.29 is 14.3 Å². The van der Waals surface area contributed by atoms with Crippen LogP contribution in [0, 0.1) is 6.92 Å². The van der Waals surface area contributed by atoms with Crippen molar-refractivity contribution in [2.45, 2.75) is 26.4 Å². The molecule has 1 atom stereocenters. The molecule has 0 heterocycles. The zero-order valence-electron chi connectivity index (χ0n) is 13.1. The fraction of sp³-hybridized carbons (Fsp3) is 0.467. The monoisotopic (exact) mass is 329 g/mol. The van der Waals surface area contributed by atoms with Gasteiger partial charge in [-0.3, -0.25) is 9.59 Å². The molecule has 0 aliphatic heterocycles. The highest BCUT2D eigenvalue weighted by molar-refractivity contribution is 5.97. The van der Waals surface area contributed by atoms with Gasteiger partial charge in [-0.25, -0.2) is 0 Å². The van der Waals surface area contributed by atoms with E-state index >= 15 is 0 Å². The van der Waals surface area contributed by atoms with E-state index < -0.39 is 0 Å². The molecule has 0 aromatic heterocycles. The van der Waals surface area contributed by atoms with Crippen molar-refractivity contribution >= 4 is 29.9 Å². The lowest BCUT2D eigenvalue weighted by molar-refractivity contribution is -0.118. The molecule has 0 bridgehead atoms. The standard InChI is InChI=1S/C15H23N3O3.ClH/c1-4-17-15(20)11-6-5-10(2)13(7-11)18-14(19)8-12(9-16)21-3;/h5-7,12H,4,8-9,16H2,1-3H3,(H,17,20)(H,18,19);1H. The van der Waals surface area contributed by atoms with Gasteiger partial charge in [0, 0.05) is 31.5 Å². The fourth-order valence-corrected chi connectivity index (χ4v) is 1.83. The summed E-state index contributed by atoms with van der Waals surface area (Å²) in [4.78, 5) is 23.8. The molecule has 0 fully saturated rings. The van der Waals surface area contributed by atoms with Crippen LogP contribution in [0.15, 0.2) is 18.2 Å². The average Bonchev–Trinajstić information content (AvgIpc) is 2.47. The van der Waals surface area contributed by atoms with E-state index in [2.05, 4.69) is 10.6 Å². The summed E-state index contributed by atoms with van der Waals surface area (Å²) in [6.45, 7) is 4.56. The Labute approximate surface area is 137 Å². The highest BCUT2D eigenvalue weighted by atomic mass is 35.5. The van der Waals surface area contributed by atoms with E-state index in [1.807, 2.05) is 13.8 Å². The Bertz CT molecular complexity index is 505. The maximum atomic E-state index is 12.0. The molecule has 0 aliphatic rings. The number of nitrogens with one attached hydrogen (secondary N) is 2. The van der Waals surface area contributed by atoms with E-state index in [-0.39, 0.29) is 43.3 Å². The Hall–Kier alpha value is -1.63. The number of rotatable bonds is 7. The lowest BCUT2D eigenvalue weighted by atomic mass is 10.1. The van der Waals surface area contributed by atoms with Crippen LogP contribution in [0.25, 0.3) is 0 Å². The quantitative estimate of drug-likeness (QED) is 0.706. The van der Waals surface area contributed by atoms with Gasteiger partial charge in [0.25, 0.3) is 5.91 Å². The van der Waals surface area contributed by atoms with Crippen LogP contribution in [-0.2, 0) is 9.53 Å². The number of aryl methyl sites for hydroxylation is 1. The second-order valence-electron chi connectivity index (χ2n) is 4.73. The normalized spacial score (nSPS) is 11.3. The molecule has 1 unspecified atom stereocenters. The van der Waals surface area contributed by atoms with E-state index in [1.54, 1.807) is 18.2 Å². The number of carbonyl (C=O) groups excluding carboxylic acids is 2. The third-order valence-corrected chi connectivity index (χ3v) is 3.12. The van der Waals surface area contributed by atoms with Gasteiger partial charge in [0.15, 0.2) is 0 Å². The van der Waals surface area contributed by atoms with Gasteiger partial charge < -0.3 is 21.1 Å². The highest BCUT2D eigenvalue weighted by Crippen LogP contribution is 2.17. The number of nitrogens with two attached hydrogens (primary N) is 1. The third-order valence-electron chi connectivity index (χ3n) is 3.12. The Morgan fingerprint density at radius 2 is 2.05 bits per heavy atom. The molecule has 124 valence electrons. The number of anilines is 1. The van der Waals surface area contributed by atoms with E-state index in [4.69, 9.17) is 10.5 Å². The van der Waals surface area contributed by atoms with Crippen LogP contribution in [0.5, 0.6) is 0 Å². The third kappa shape index (κ3) is 6.01. The molecule has 0 spiro atoms. The van der Waals surface area contributed by atoms with Gasteiger partial charge in [0.1, 0.15) is 0 Å². The molecule has 1 aromatic carbocycles. The number of benzene rings is 1. The van der Waals surface area contributed by atoms with Gasteiger partial charge in [0.2, 0.25) is 5.91 Å². The maximum Gasteiger partial charge on any atom is 0.251 e. The fourth-order valence-electron chi connectivity index (χ4n) is 1.83. The lowest BCUT2D eigenvalue weighted by Crippen LogP contribution is -2.28. The summed E-state index contributed by atoms with van der Waals surface area (Å²) < 4.78 is 5.08. The summed E-state index contributed by atoms with van der Waals surface area (Å²) in [5.74, 6) is -0.354. The molecule has 2 amide bonds. The van der Waals surface area contributed by atoms with E-state index in [1.165, 1.54) is 7.11 Å². The van der Waals surface area contributed by atoms with E-state index in [9.17, 15) is 9.59 Å². The van der Waals surface area contributed by atoms with E-state index in [0.29, 0.717) is 17.8 Å². The van der Waals surface area contributed by atoms with Gasteiger partial charge in [-0.15, -0.1) is 12.4 Å². The van der Waals surface area contributed by atoms with Crippen LogP contribution < -0.4 is 16.4 Å². The van der Waals surface area contributed by atoms with Crippen molar-refractivity contribution in [3.63, 3.8) is 0 Å². The molecule has 4 N–H and O–H groups in total. The maximum absolute atomic E-state index is 12.0. The Balaban J connectivity index is 0.00000441. The summed E-state index contributed by atoms with van der Waals surface area (Å²) >= 11 is 0.